The predicted molar refractivity (Wildman–Crippen MR) is 113 cm³/mol. The number of carbonyl (C=O) groups is 1. The predicted octanol–water partition coefficient (Wildman–Crippen LogP) is 4.77. The summed E-state index contributed by atoms with van der Waals surface area (Å²) in [5.74, 6) is 0.608. The molecular weight excluding hydrogens is 374 g/mol. The molecule has 0 fully saturated rings. The molecular formula is C22H22ClN3O2. The largest absolute Gasteiger partial charge is 0.497 e. The number of nitrogens with zero attached hydrogens (tertiary/aromatic N) is 1. The first-order valence-corrected chi connectivity index (χ1v) is 9.33. The first kappa shape index (κ1) is 19.7. The number of methoxy groups -OCH3 is 1. The summed E-state index contributed by atoms with van der Waals surface area (Å²) >= 11 is 6.14. The van der Waals surface area contributed by atoms with Gasteiger partial charge < -0.3 is 15.4 Å². The number of carbonyl (C=O) groups excluding carboxylic acids is 1. The van der Waals surface area contributed by atoms with E-state index < -0.39 is 0 Å². The minimum absolute atomic E-state index is 0.201. The lowest BCUT2D eigenvalue weighted by atomic mass is 10.1. The minimum Gasteiger partial charge on any atom is -0.497 e. The molecule has 0 unspecified atom stereocenters. The Labute approximate surface area is 169 Å². The zero-order chi connectivity index (χ0) is 19.9. The third kappa shape index (κ3) is 5.24. The molecule has 2 aromatic carbocycles. The van der Waals surface area contributed by atoms with Gasteiger partial charge in [-0.1, -0.05) is 29.8 Å². The number of hydrogen-bond donors (Lipinski definition) is 2. The minimum atomic E-state index is -0.201. The van der Waals surface area contributed by atoms with Crippen LogP contribution < -0.4 is 15.4 Å². The average molecular weight is 396 g/mol. The van der Waals surface area contributed by atoms with Gasteiger partial charge >= 0.3 is 0 Å². The van der Waals surface area contributed by atoms with Gasteiger partial charge in [-0.05, 0) is 60.9 Å². The number of rotatable bonds is 7. The maximum absolute atomic E-state index is 12.3. The molecule has 6 heteroatoms. The lowest BCUT2D eigenvalue weighted by Crippen LogP contribution is -2.26. The molecule has 5 nitrogen and oxygen atoms in total. The monoisotopic (exact) mass is 395 g/mol. The Morgan fingerprint density at radius 1 is 1.11 bits per heavy atom. The summed E-state index contributed by atoms with van der Waals surface area (Å²) in [7, 11) is 1.64. The van der Waals surface area contributed by atoms with Crippen molar-refractivity contribution in [1.82, 2.24) is 10.3 Å². The van der Waals surface area contributed by atoms with Gasteiger partial charge in [-0.25, -0.2) is 4.98 Å². The SMILES string of the molecule is COc1cccc(CCNC(=O)c2ccc(Nc3ccc(C)c(Cl)c3)cn2)c1. The van der Waals surface area contributed by atoms with E-state index in [1.54, 1.807) is 19.4 Å². The van der Waals surface area contributed by atoms with Crippen LogP contribution in [-0.2, 0) is 6.42 Å². The number of aryl methyl sites for hydroxylation is 1. The summed E-state index contributed by atoms with van der Waals surface area (Å²) in [4.78, 5) is 16.5. The molecule has 0 spiro atoms. The smallest absolute Gasteiger partial charge is 0.269 e. The fourth-order valence-electron chi connectivity index (χ4n) is 2.68. The molecule has 0 saturated heterocycles. The lowest BCUT2D eigenvalue weighted by Gasteiger charge is -2.09. The van der Waals surface area contributed by atoms with E-state index >= 15 is 0 Å². The Bertz CT molecular complexity index is 958. The van der Waals surface area contributed by atoms with Crippen LogP contribution in [0.1, 0.15) is 21.6 Å². The van der Waals surface area contributed by atoms with Crippen molar-refractivity contribution in [1.29, 1.82) is 0 Å². The zero-order valence-electron chi connectivity index (χ0n) is 15.8. The van der Waals surface area contributed by atoms with Crippen LogP contribution in [0.25, 0.3) is 0 Å². The Hall–Kier alpha value is -3.05. The second-order valence-corrected chi connectivity index (χ2v) is 6.79. The van der Waals surface area contributed by atoms with Gasteiger partial charge in [0, 0.05) is 17.3 Å². The maximum atomic E-state index is 12.3. The molecule has 3 rings (SSSR count). The van der Waals surface area contributed by atoms with Gasteiger partial charge in [0.1, 0.15) is 11.4 Å². The van der Waals surface area contributed by atoms with Crippen molar-refractivity contribution in [3.8, 4) is 5.75 Å². The molecule has 0 aliphatic heterocycles. The third-order valence-corrected chi connectivity index (χ3v) is 4.70. The number of nitrogens with one attached hydrogen (secondary N) is 2. The van der Waals surface area contributed by atoms with E-state index in [1.165, 1.54) is 0 Å². The molecule has 0 bridgehead atoms. The van der Waals surface area contributed by atoms with Gasteiger partial charge in [-0.2, -0.15) is 0 Å². The van der Waals surface area contributed by atoms with Crippen LogP contribution in [0.15, 0.2) is 60.8 Å². The van der Waals surface area contributed by atoms with Crippen molar-refractivity contribution >= 4 is 28.9 Å². The van der Waals surface area contributed by atoms with Gasteiger partial charge in [0.05, 0.1) is 19.0 Å². The fourth-order valence-corrected chi connectivity index (χ4v) is 2.86. The van der Waals surface area contributed by atoms with Crippen molar-refractivity contribution in [3.63, 3.8) is 0 Å². The van der Waals surface area contributed by atoms with Crippen LogP contribution in [0.3, 0.4) is 0 Å². The van der Waals surface area contributed by atoms with Crippen LogP contribution in [0.2, 0.25) is 5.02 Å². The summed E-state index contributed by atoms with van der Waals surface area (Å²) in [5.41, 5.74) is 4.15. The van der Waals surface area contributed by atoms with Crippen molar-refractivity contribution in [2.24, 2.45) is 0 Å². The number of pyridine rings is 1. The van der Waals surface area contributed by atoms with Gasteiger partial charge in [-0.3, -0.25) is 4.79 Å². The Kier molecular flexibility index (Phi) is 6.50. The number of hydrogen-bond acceptors (Lipinski definition) is 4. The molecule has 0 atom stereocenters. The maximum Gasteiger partial charge on any atom is 0.269 e. The third-order valence-electron chi connectivity index (χ3n) is 4.29. The summed E-state index contributed by atoms with van der Waals surface area (Å²) < 4.78 is 5.21. The molecule has 3 aromatic rings. The summed E-state index contributed by atoms with van der Waals surface area (Å²) in [6.07, 6.45) is 2.35. The quantitative estimate of drug-likeness (QED) is 0.605. The highest BCUT2D eigenvalue weighted by molar-refractivity contribution is 6.31. The van der Waals surface area contributed by atoms with Crippen LogP contribution in [0, 0.1) is 6.92 Å². The number of anilines is 2. The Morgan fingerprint density at radius 2 is 1.93 bits per heavy atom. The second-order valence-electron chi connectivity index (χ2n) is 6.38. The van der Waals surface area contributed by atoms with Crippen molar-refractivity contribution < 1.29 is 9.53 Å². The Balaban J connectivity index is 1.53. The molecule has 0 aliphatic rings. The van der Waals surface area contributed by atoms with E-state index in [1.807, 2.05) is 55.5 Å². The average Bonchev–Trinajstić information content (AvgIpc) is 2.71. The Morgan fingerprint density at radius 3 is 2.64 bits per heavy atom. The highest BCUT2D eigenvalue weighted by Crippen LogP contribution is 2.23. The van der Waals surface area contributed by atoms with Crippen LogP contribution in [0.4, 0.5) is 11.4 Å². The second kappa shape index (κ2) is 9.24. The molecule has 28 heavy (non-hydrogen) atoms. The van der Waals surface area contributed by atoms with Crippen molar-refractivity contribution in [3.05, 3.63) is 82.6 Å². The van der Waals surface area contributed by atoms with Gasteiger partial charge in [0.25, 0.3) is 5.91 Å². The van der Waals surface area contributed by atoms with E-state index in [0.29, 0.717) is 17.3 Å². The number of ether oxygens (including phenoxy) is 1. The molecule has 0 aliphatic carbocycles. The molecule has 2 N–H and O–H groups in total. The zero-order valence-corrected chi connectivity index (χ0v) is 16.6. The fraction of sp³-hybridized carbons (Fsp3) is 0.182. The molecule has 1 aromatic heterocycles. The highest BCUT2D eigenvalue weighted by Gasteiger charge is 2.07. The number of amides is 1. The van der Waals surface area contributed by atoms with E-state index in [9.17, 15) is 4.79 Å². The van der Waals surface area contributed by atoms with Gasteiger partial charge in [0.2, 0.25) is 0 Å². The summed E-state index contributed by atoms with van der Waals surface area (Å²) in [6.45, 7) is 2.48. The topological polar surface area (TPSA) is 63.2 Å². The first-order chi connectivity index (χ1) is 13.5. The van der Waals surface area contributed by atoms with Crippen molar-refractivity contribution in [2.45, 2.75) is 13.3 Å². The van der Waals surface area contributed by atoms with Crippen LogP contribution >= 0.6 is 11.6 Å². The van der Waals surface area contributed by atoms with E-state index in [2.05, 4.69) is 15.6 Å². The standard InChI is InChI=1S/C22H22ClN3O2/c1-15-6-7-17(13-20(15)23)26-18-8-9-21(25-14-18)22(27)24-11-10-16-4-3-5-19(12-16)28-2/h3-9,12-14,26H,10-11H2,1-2H3,(H,24,27). The molecule has 0 saturated carbocycles. The van der Waals surface area contributed by atoms with Gasteiger partial charge in [0.15, 0.2) is 0 Å². The summed E-state index contributed by atoms with van der Waals surface area (Å²) in [5, 5.41) is 6.81. The molecule has 1 heterocycles. The number of benzene rings is 2. The van der Waals surface area contributed by atoms with Crippen LogP contribution in [0.5, 0.6) is 5.75 Å². The molecule has 1 amide bonds. The van der Waals surface area contributed by atoms with Crippen LogP contribution in [-0.4, -0.2) is 24.5 Å². The van der Waals surface area contributed by atoms with E-state index in [4.69, 9.17) is 16.3 Å². The van der Waals surface area contributed by atoms with Crippen molar-refractivity contribution in [2.75, 3.05) is 19.0 Å². The molecule has 144 valence electrons. The first-order valence-electron chi connectivity index (χ1n) is 8.95. The van der Waals surface area contributed by atoms with E-state index in [-0.39, 0.29) is 5.91 Å². The lowest BCUT2D eigenvalue weighted by molar-refractivity contribution is 0.0949. The molecule has 0 radical (unpaired) electrons. The number of halogens is 1. The number of aromatic nitrogens is 1. The normalized spacial score (nSPS) is 10.4. The van der Waals surface area contributed by atoms with E-state index in [0.717, 1.165) is 34.7 Å². The highest BCUT2D eigenvalue weighted by atomic mass is 35.5. The summed E-state index contributed by atoms with van der Waals surface area (Å²) in [6, 6.07) is 17.1. The van der Waals surface area contributed by atoms with Gasteiger partial charge in [-0.15, -0.1) is 0 Å².